The first kappa shape index (κ1) is 33.4. The van der Waals surface area contributed by atoms with Gasteiger partial charge in [-0.3, -0.25) is 15.0 Å². The van der Waals surface area contributed by atoms with Gasteiger partial charge in [-0.1, -0.05) is 73.5 Å². The Morgan fingerprint density at radius 2 is 1.33 bits per heavy atom. The van der Waals surface area contributed by atoms with Crippen LogP contribution in [0.2, 0.25) is 0 Å². The summed E-state index contributed by atoms with van der Waals surface area (Å²) in [6.07, 6.45) is 0.335. The predicted octanol–water partition coefficient (Wildman–Crippen LogP) is 3.63. The molecule has 0 spiro atoms. The monoisotopic (exact) mass is 586 g/mol. The van der Waals surface area contributed by atoms with Gasteiger partial charge in [0.05, 0.1) is 0 Å². The number of nitrogens with one attached hydrogen (secondary N) is 4. The minimum absolute atomic E-state index is 0.112. The third-order valence-corrected chi connectivity index (χ3v) is 5.37. The fraction of sp³-hybridized carbons (Fsp3) is 0.414. The Hall–Kier alpha value is -4.81. The summed E-state index contributed by atoms with van der Waals surface area (Å²) >= 11 is 0. The number of hydrogen-bond acceptors (Lipinski definition) is 8. The van der Waals surface area contributed by atoms with E-state index < -0.39 is 48.3 Å². The third-order valence-electron chi connectivity index (χ3n) is 5.37. The van der Waals surface area contributed by atoms with Gasteiger partial charge in [0.25, 0.3) is 5.91 Å². The van der Waals surface area contributed by atoms with Crippen molar-refractivity contribution in [2.24, 2.45) is 5.92 Å². The molecule has 0 unspecified atom stereocenters. The molecule has 1 saturated carbocycles. The van der Waals surface area contributed by atoms with Gasteiger partial charge in [0.2, 0.25) is 0 Å². The van der Waals surface area contributed by atoms with Crippen LogP contribution in [0.4, 0.5) is 14.4 Å². The number of alkyl carbamates (subject to hydrolysis) is 2. The van der Waals surface area contributed by atoms with E-state index in [0.29, 0.717) is 12.3 Å². The zero-order valence-corrected chi connectivity index (χ0v) is 23.9. The van der Waals surface area contributed by atoms with Crippen LogP contribution in [0.25, 0.3) is 0 Å². The molecule has 2 aromatic rings. The molecule has 1 aliphatic rings. The fourth-order valence-electron chi connectivity index (χ4n) is 3.25. The standard InChI is InChI=1S/C19H27N3O5.C10H11NO4/c1-19(2,3)27-18(25)22-21-16(23)15(11-13-9-10-13)20-17(24)26-12-14-7-5-4-6-8-14;12-9(13)6-11-10(14)15-7-8-4-2-1-3-5-8/h4-8,13,15H,9-12H2,1-3H3,(H,20,24)(H,21,23)(H,22,25);1-5H,6-7H2,(H,11,14)(H,12,13)/t15-;/m0./s1. The summed E-state index contributed by atoms with van der Waals surface area (Å²) in [6.45, 7) is 4.96. The Bertz CT molecular complexity index is 1170. The first-order chi connectivity index (χ1) is 19.9. The predicted molar refractivity (Wildman–Crippen MR) is 151 cm³/mol. The molecule has 0 aliphatic heterocycles. The summed E-state index contributed by atoms with van der Waals surface area (Å²) in [6, 6.07) is 17.6. The van der Waals surface area contributed by atoms with Crippen LogP contribution in [0.5, 0.6) is 0 Å². The van der Waals surface area contributed by atoms with E-state index in [1.165, 1.54) is 0 Å². The molecular weight excluding hydrogens is 548 g/mol. The molecule has 2 aromatic carbocycles. The molecular formula is C29H38N4O9. The Kier molecular flexibility index (Phi) is 13.6. The van der Waals surface area contributed by atoms with Crippen molar-refractivity contribution in [3.05, 3.63) is 71.8 Å². The smallest absolute Gasteiger partial charge is 0.426 e. The van der Waals surface area contributed by atoms with Crippen LogP contribution in [0, 0.1) is 5.92 Å². The largest absolute Gasteiger partial charge is 0.480 e. The minimum Gasteiger partial charge on any atom is -0.480 e. The molecule has 13 heteroatoms. The lowest BCUT2D eigenvalue weighted by atomic mass is 10.1. The van der Waals surface area contributed by atoms with E-state index in [1.807, 2.05) is 60.7 Å². The molecule has 0 bridgehead atoms. The van der Waals surface area contributed by atoms with Gasteiger partial charge < -0.3 is 30.0 Å². The number of amides is 4. The number of ether oxygens (including phenoxy) is 3. The van der Waals surface area contributed by atoms with Crippen molar-refractivity contribution in [2.45, 2.75) is 64.9 Å². The van der Waals surface area contributed by atoms with Gasteiger partial charge in [-0.05, 0) is 44.2 Å². The van der Waals surface area contributed by atoms with Crippen LogP contribution >= 0.6 is 0 Å². The molecule has 0 aromatic heterocycles. The van der Waals surface area contributed by atoms with E-state index in [2.05, 4.69) is 21.5 Å². The Balaban J connectivity index is 0.000000347. The molecule has 42 heavy (non-hydrogen) atoms. The number of carboxylic acid groups (broad SMARTS) is 1. The molecule has 4 amide bonds. The van der Waals surface area contributed by atoms with Crippen molar-refractivity contribution >= 4 is 30.2 Å². The highest BCUT2D eigenvalue weighted by Crippen LogP contribution is 2.33. The quantitative estimate of drug-likeness (QED) is 0.205. The topological polar surface area (TPSA) is 181 Å². The summed E-state index contributed by atoms with van der Waals surface area (Å²) in [5.41, 5.74) is 5.50. The van der Waals surface area contributed by atoms with E-state index in [-0.39, 0.29) is 13.2 Å². The molecule has 13 nitrogen and oxygen atoms in total. The number of carbonyl (C=O) groups excluding carboxylic acids is 4. The summed E-state index contributed by atoms with van der Waals surface area (Å²) in [4.78, 5) is 57.0. The maximum atomic E-state index is 12.3. The number of hydrazine groups is 1. The van der Waals surface area contributed by atoms with Crippen molar-refractivity contribution < 1.29 is 43.3 Å². The molecule has 0 radical (unpaired) electrons. The second-order valence-electron chi connectivity index (χ2n) is 10.4. The number of hydrogen-bond donors (Lipinski definition) is 5. The number of rotatable bonds is 10. The molecule has 228 valence electrons. The van der Waals surface area contributed by atoms with E-state index in [0.717, 1.165) is 24.0 Å². The van der Waals surface area contributed by atoms with E-state index in [4.69, 9.17) is 19.3 Å². The lowest BCUT2D eigenvalue weighted by Crippen LogP contribution is -2.53. The summed E-state index contributed by atoms with van der Waals surface area (Å²) in [5.74, 6) is -1.24. The van der Waals surface area contributed by atoms with Gasteiger partial charge in [-0.2, -0.15) is 0 Å². The zero-order chi connectivity index (χ0) is 31.0. The van der Waals surface area contributed by atoms with Crippen molar-refractivity contribution in [3.63, 3.8) is 0 Å². The lowest BCUT2D eigenvalue weighted by molar-refractivity contribution is -0.135. The van der Waals surface area contributed by atoms with Gasteiger partial charge in [0, 0.05) is 0 Å². The number of aliphatic carboxylic acids is 1. The molecule has 1 aliphatic carbocycles. The normalized spacial score (nSPS) is 12.7. The fourth-order valence-corrected chi connectivity index (χ4v) is 3.25. The molecule has 1 fully saturated rings. The molecule has 0 saturated heterocycles. The lowest BCUT2D eigenvalue weighted by Gasteiger charge is -2.21. The van der Waals surface area contributed by atoms with Crippen LogP contribution in [0.1, 0.15) is 51.2 Å². The summed E-state index contributed by atoms with van der Waals surface area (Å²) in [5, 5.41) is 12.9. The molecule has 1 atom stereocenters. The van der Waals surface area contributed by atoms with Gasteiger partial charge in [0.15, 0.2) is 0 Å². The Morgan fingerprint density at radius 3 is 1.81 bits per heavy atom. The second kappa shape index (κ2) is 17.1. The van der Waals surface area contributed by atoms with Crippen molar-refractivity contribution in [1.82, 2.24) is 21.5 Å². The first-order valence-electron chi connectivity index (χ1n) is 13.3. The van der Waals surface area contributed by atoms with E-state index >= 15 is 0 Å². The minimum atomic E-state index is -1.10. The van der Waals surface area contributed by atoms with Gasteiger partial charge >= 0.3 is 24.2 Å². The summed E-state index contributed by atoms with van der Waals surface area (Å²) in [7, 11) is 0. The Labute approximate surface area is 244 Å². The van der Waals surface area contributed by atoms with Crippen LogP contribution in [-0.4, -0.2) is 53.5 Å². The van der Waals surface area contributed by atoms with Crippen molar-refractivity contribution in [1.29, 1.82) is 0 Å². The second-order valence-corrected chi connectivity index (χ2v) is 10.4. The first-order valence-corrected chi connectivity index (χ1v) is 13.3. The molecule has 5 N–H and O–H groups in total. The van der Waals surface area contributed by atoms with Crippen molar-refractivity contribution in [2.75, 3.05) is 6.54 Å². The molecule has 0 heterocycles. The average molecular weight is 587 g/mol. The number of benzene rings is 2. The highest BCUT2D eigenvalue weighted by molar-refractivity contribution is 5.86. The summed E-state index contributed by atoms with van der Waals surface area (Å²) < 4.78 is 15.0. The van der Waals surface area contributed by atoms with Crippen LogP contribution < -0.4 is 21.5 Å². The van der Waals surface area contributed by atoms with E-state index in [9.17, 15) is 24.0 Å². The highest BCUT2D eigenvalue weighted by Gasteiger charge is 2.31. The average Bonchev–Trinajstić information content (AvgIpc) is 3.77. The van der Waals surface area contributed by atoms with Crippen LogP contribution in [-0.2, 0) is 37.0 Å². The van der Waals surface area contributed by atoms with Crippen molar-refractivity contribution in [3.8, 4) is 0 Å². The van der Waals surface area contributed by atoms with Crippen LogP contribution in [0.15, 0.2) is 60.7 Å². The Morgan fingerprint density at radius 1 is 0.810 bits per heavy atom. The zero-order valence-electron chi connectivity index (χ0n) is 23.9. The SMILES string of the molecule is CC(C)(C)OC(=O)NNC(=O)[C@H](CC1CC1)NC(=O)OCc1ccccc1.O=C(O)CNC(=O)OCc1ccccc1. The number of carbonyl (C=O) groups is 5. The van der Waals surface area contributed by atoms with Gasteiger partial charge in [-0.25, -0.2) is 19.8 Å². The third kappa shape index (κ3) is 15.7. The number of carboxylic acids is 1. The van der Waals surface area contributed by atoms with Gasteiger partial charge in [0.1, 0.15) is 31.4 Å². The molecule has 3 rings (SSSR count). The van der Waals surface area contributed by atoms with Crippen LogP contribution in [0.3, 0.4) is 0 Å². The maximum absolute atomic E-state index is 12.3. The maximum Gasteiger partial charge on any atom is 0.426 e. The van der Waals surface area contributed by atoms with E-state index in [1.54, 1.807) is 20.8 Å². The van der Waals surface area contributed by atoms with Gasteiger partial charge in [-0.15, -0.1) is 0 Å². The highest BCUT2D eigenvalue weighted by atomic mass is 16.6.